The molecule has 0 radical (unpaired) electrons. The summed E-state index contributed by atoms with van der Waals surface area (Å²) in [6.45, 7) is 5.97. The fraction of sp³-hybridized carbons (Fsp3) is 0.278. The van der Waals surface area contributed by atoms with Crippen molar-refractivity contribution < 1.29 is 4.79 Å². The van der Waals surface area contributed by atoms with Crippen molar-refractivity contribution in [2.45, 2.75) is 36.8 Å². The van der Waals surface area contributed by atoms with Crippen LogP contribution in [0.3, 0.4) is 0 Å². The quantitative estimate of drug-likeness (QED) is 0.585. The molecule has 0 aliphatic rings. The zero-order valence-electron chi connectivity index (χ0n) is 14.3. The molecule has 0 aliphatic carbocycles. The van der Waals surface area contributed by atoms with Crippen molar-refractivity contribution in [2.24, 2.45) is 0 Å². The first-order valence-corrected chi connectivity index (χ1v) is 10.6. The van der Waals surface area contributed by atoms with Crippen molar-refractivity contribution in [1.29, 1.82) is 0 Å². The molecule has 1 aromatic carbocycles. The second-order valence-corrected chi connectivity index (χ2v) is 8.90. The molecule has 1 unspecified atom stereocenters. The number of thioether (sulfide) groups is 1. The van der Waals surface area contributed by atoms with Crippen molar-refractivity contribution in [2.75, 3.05) is 5.32 Å². The topological polar surface area (TPSA) is 54.9 Å². The number of carbonyl (C=O) groups excluding carboxylic acids is 1. The third kappa shape index (κ3) is 4.68. The number of thiazole rings is 2. The number of aryl methyl sites for hydroxylation is 2. The van der Waals surface area contributed by atoms with E-state index in [2.05, 4.69) is 46.5 Å². The molecule has 0 saturated heterocycles. The lowest BCUT2D eigenvalue weighted by atomic mass is 10.1. The number of amides is 1. The molecule has 1 atom stereocenters. The van der Waals surface area contributed by atoms with Crippen molar-refractivity contribution >= 4 is 45.5 Å². The summed E-state index contributed by atoms with van der Waals surface area (Å²) in [4.78, 5) is 21.3. The van der Waals surface area contributed by atoms with E-state index >= 15 is 0 Å². The van der Waals surface area contributed by atoms with Gasteiger partial charge in [0.25, 0.3) is 0 Å². The molecule has 1 amide bonds. The van der Waals surface area contributed by atoms with E-state index < -0.39 is 0 Å². The molecule has 1 N–H and O–H groups in total. The van der Waals surface area contributed by atoms with Crippen LogP contribution in [0.4, 0.5) is 5.13 Å². The Hall–Kier alpha value is -1.70. The predicted molar refractivity (Wildman–Crippen MR) is 108 cm³/mol. The summed E-state index contributed by atoms with van der Waals surface area (Å²) in [5.41, 5.74) is 4.24. The SMILES string of the molecule is CCc1ccc(-c2csc(NC(=O)C(C)Sc3nc(C)cs3)n2)cc1. The van der Waals surface area contributed by atoms with Gasteiger partial charge in [-0.05, 0) is 25.8 Å². The average molecular weight is 390 g/mol. The predicted octanol–water partition coefficient (Wildman–Crippen LogP) is 5.26. The van der Waals surface area contributed by atoms with Gasteiger partial charge in [0.1, 0.15) is 0 Å². The van der Waals surface area contributed by atoms with Gasteiger partial charge in [-0.1, -0.05) is 43.0 Å². The standard InChI is InChI=1S/C18H19N3OS3/c1-4-13-5-7-14(8-6-13)15-10-23-17(20-15)21-16(22)12(3)25-18-19-11(2)9-24-18/h5-10,12H,4H2,1-3H3,(H,20,21,22). The van der Waals surface area contributed by atoms with Crippen LogP contribution >= 0.6 is 34.4 Å². The first-order chi connectivity index (χ1) is 12.0. The molecule has 3 aromatic rings. The molecule has 4 nitrogen and oxygen atoms in total. The van der Waals surface area contributed by atoms with Crippen molar-refractivity contribution in [1.82, 2.24) is 9.97 Å². The van der Waals surface area contributed by atoms with Crippen LogP contribution in [0.5, 0.6) is 0 Å². The van der Waals surface area contributed by atoms with Gasteiger partial charge in [-0.2, -0.15) is 0 Å². The summed E-state index contributed by atoms with van der Waals surface area (Å²) in [5, 5.41) is 7.27. The van der Waals surface area contributed by atoms with Crippen LogP contribution in [0.2, 0.25) is 0 Å². The van der Waals surface area contributed by atoms with Crippen LogP contribution < -0.4 is 5.32 Å². The van der Waals surface area contributed by atoms with Crippen molar-refractivity contribution in [3.8, 4) is 11.3 Å². The fourth-order valence-electron chi connectivity index (χ4n) is 2.17. The highest BCUT2D eigenvalue weighted by molar-refractivity contribution is 8.02. The van der Waals surface area contributed by atoms with Crippen LogP contribution in [-0.4, -0.2) is 21.1 Å². The molecule has 130 valence electrons. The smallest absolute Gasteiger partial charge is 0.239 e. The Morgan fingerprint density at radius 2 is 1.96 bits per heavy atom. The van der Waals surface area contributed by atoms with Gasteiger partial charge < -0.3 is 5.32 Å². The van der Waals surface area contributed by atoms with E-state index in [1.807, 2.05) is 24.6 Å². The van der Waals surface area contributed by atoms with Gasteiger partial charge in [-0.3, -0.25) is 4.79 Å². The highest BCUT2D eigenvalue weighted by Crippen LogP contribution is 2.29. The Kier molecular flexibility index (Phi) is 5.88. The first kappa shape index (κ1) is 18.1. The Balaban J connectivity index is 1.62. The number of carbonyl (C=O) groups is 1. The molecule has 0 fully saturated rings. The summed E-state index contributed by atoms with van der Waals surface area (Å²) in [6, 6.07) is 8.37. The number of aromatic nitrogens is 2. The number of anilines is 1. The van der Waals surface area contributed by atoms with Crippen LogP contribution in [0.1, 0.15) is 25.1 Å². The molecule has 2 aromatic heterocycles. The molecule has 0 bridgehead atoms. The Labute approximate surface area is 159 Å². The summed E-state index contributed by atoms with van der Waals surface area (Å²) in [7, 11) is 0. The minimum absolute atomic E-state index is 0.0555. The molecule has 3 rings (SSSR count). The van der Waals surface area contributed by atoms with Crippen molar-refractivity contribution in [3.05, 3.63) is 46.3 Å². The average Bonchev–Trinajstić information content (AvgIpc) is 3.24. The molecular formula is C18H19N3OS3. The van der Waals surface area contributed by atoms with Gasteiger partial charge >= 0.3 is 0 Å². The lowest BCUT2D eigenvalue weighted by Gasteiger charge is -2.08. The summed E-state index contributed by atoms with van der Waals surface area (Å²) in [5.74, 6) is -0.0555. The Bertz CT molecular complexity index is 855. The minimum atomic E-state index is -0.221. The highest BCUT2D eigenvalue weighted by Gasteiger charge is 2.17. The summed E-state index contributed by atoms with van der Waals surface area (Å²) in [6.07, 6.45) is 1.02. The van der Waals surface area contributed by atoms with E-state index in [1.165, 1.54) is 28.7 Å². The van der Waals surface area contributed by atoms with Crippen LogP contribution in [0.25, 0.3) is 11.3 Å². The maximum Gasteiger partial charge on any atom is 0.239 e. The van der Waals surface area contributed by atoms with Gasteiger partial charge in [-0.25, -0.2) is 9.97 Å². The largest absolute Gasteiger partial charge is 0.301 e. The number of benzene rings is 1. The number of hydrogen-bond acceptors (Lipinski definition) is 6. The number of nitrogens with zero attached hydrogens (tertiary/aromatic N) is 2. The summed E-state index contributed by atoms with van der Waals surface area (Å²) < 4.78 is 0.913. The molecule has 0 aliphatic heterocycles. The van der Waals surface area contributed by atoms with Gasteiger partial charge in [0.05, 0.1) is 10.9 Å². The fourth-order valence-corrected chi connectivity index (χ4v) is 4.88. The maximum absolute atomic E-state index is 12.4. The van der Waals surface area contributed by atoms with E-state index in [-0.39, 0.29) is 11.2 Å². The molecule has 25 heavy (non-hydrogen) atoms. The second-order valence-electron chi connectivity index (χ2n) is 5.59. The van der Waals surface area contributed by atoms with E-state index in [1.54, 1.807) is 11.3 Å². The molecule has 0 spiro atoms. The number of nitrogens with one attached hydrogen (secondary N) is 1. The zero-order valence-corrected chi connectivity index (χ0v) is 16.7. The Morgan fingerprint density at radius 3 is 2.60 bits per heavy atom. The van der Waals surface area contributed by atoms with Gasteiger partial charge in [0.15, 0.2) is 9.47 Å². The van der Waals surface area contributed by atoms with Gasteiger partial charge in [-0.15, -0.1) is 22.7 Å². The highest BCUT2D eigenvalue weighted by atomic mass is 32.2. The van der Waals surface area contributed by atoms with Crippen LogP contribution in [0.15, 0.2) is 39.4 Å². The maximum atomic E-state index is 12.4. The minimum Gasteiger partial charge on any atom is -0.301 e. The van der Waals surface area contributed by atoms with E-state index in [9.17, 15) is 4.79 Å². The molecule has 2 heterocycles. The molecule has 7 heteroatoms. The summed E-state index contributed by atoms with van der Waals surface area (Å²) >= 11 is 4.48. The molecule has 0 saturated carbocycles. The zero-order chi connectivity index (χ0) is 17.8. The van der Waals surface area contributed by atoms with Gasteiger partial charge in [0, 0.05) is 22.0 Å². The lowest BCUT2D eigenvalue weighted by molar-refractivity contribution is -0.115. The van der Waals surface area contributed by atoms with Crippen LogP contribution in [-0.2, 0) is 11.2 Å². The normalized spacial score (nSPS) is 12.1. The number of hydrogen-bond donors (Lipinski definition) is 1. The van der Waals surface area contributed by atoms with Crippen molar-refractivity contribution in [3.63, 3.8) is 0 Å². The second kappa shape index (κ2) is 8.12. The first-order valence-electron chi connectivity index (χ1n) is 7.99. The molecular weight excluding hydrogens is 370 g/mol. The van der Waals surface area contributed by atoms with E-state index in [0.29, 0.717) is 5.13 Å². The number of rotatable bonds is 6. The van der Waals surface area contributed by atoms with E-state index in [4.69, 9.17) is 0 Å². The Morgan fingerprint density at radius 1 is 1.20 bits per heavy atom. The monoisotopic (exact) mass is 389 g/mol. The third-order valence-electron chi connectivity index (χ3n) is 3.64. The lowest BCUT2D eigenvalue weighted by Crippen LogP contribution is -2.22. The van der Waals surface area contributed by atoms with E-state index in [0.717, 1.165) is 27.7 Å². The van der Waals surface area contributed by atoms with Gasteiger partial charge in [0.2, 0.25) is 5.91 Å². The third-order valence-corrected chi connectivity index (χ3v) is 6.58. The van der Waals surface area contributed by atoms with Crippen LogP contribution in [0, 0.1) is 6.92 Å².